The molecule has 0 radical (unpaired) electrons. The lowest BCUT2D eigenvalue weighted by Crippen LogP contribution is -2.52. The summed E-state index contributed by atoms with van der Waals surface area (Å²) in [6.45, 7) is 4.14. The molecule has 2 aliphatic heterocycles. The summed E-state index contributed by atoms with van der Waals surface area (Å²) in [5, 5.41) is 9.50. The molecule has 3 aliphatic rings. The molecule has 2 aromatic carbocycles. The van der Waals surface area contributed by atoms with Crippen LogP contribution in [0.5, 0.6) is 11.5 Å². The van der Waals surface area contributed by atoms with Crippen LogP contribution in [0.15, 0.2) is 47.6 Å². The first-order chi connectivity index (χ1) is 19.6. The van der Waals surface area contributed by atoms with Crippen LogP contribution < -0.4 is 19.7 Å². The van der Waals surface area contributed by atoms with Crippen molar-refractivity contribution in [3.05, 3.63) is 53.6 Å². The largest absolute Gasteiger partial charge is 0.493 e. The molecule has 40 heavy (non-hydrogen) atoms. The Morgan fingerprint density at radius 3 is 2.62 bits per heavy atom. The highest BCUT2D eigenvalue weighted by molar-refractivity contribution is 6.04. The zero-order valence-electron chi connectivity index (χ0n) is 23.3. The third-order valence-corrected chi connectivity index (χ3v) is 7.41. The number of amides is 2. The Morgan fingerprint density at radius 1 is 1.12 bits per heavy atom. The van der Waals surface area contributed by atoms with E-state index in [1.54, 1.807) is 14.0 Å². The summed E-state index contributed by atoms with van der Waals surface area (Å²) in [4.78, 5) is 27.0. The van der Waals surface area contributed by atoms with Crippen molar-refractivity contribution in [2.75, 3.05) is 38.3 Å². The minimum absolute atomic E-state index is 0.0291. The van der Waals surface area contributed by atoms with Gasteiger partial charge in [0.2, 0.25) is 5.91 Å². The van der Waals surface area contributed by atoms with Gasteiger partial charge in [0.1, 0.15) is 0 Å². The van der Waals surface area contributed by atoms with Gasteiger partial charge >= 0.3 is 6.09 Å². The highest BCUT2D eigenvalue weighted by atomic mass is 16.6. The number of benzene rings is 2. The van der Waals surface area contributed by atoms with Crippen LogP contribution in [-0.4, -0.2) is 68.5 Å². The van der Waals surface area contributed by atoms with Crippen molar-refractivity contribution < 1.29 is 28.5 Å². The first kappa shape index (κ1) is 27.9. The Bertz CT molecular complexity index is 1210. The first-order valence-corrected chi connectivity index (χ1v) is 14.2. The topological polar surface area (TPSA) is 102 Å². The van der Waals surface area contributed by atoms with Crippen molar-refractivity contribution in [1.82, 2.24) is 10.3 Å². The number of hydrogen-bond donors (Lipinski definition) is 1. The summed E-state index contributed by atoms with van der Waals surface area (Å²) in [7, 11) is 1.64. The molecule has 1 N–H and O–H groups in total. The standard InChI is InChI=1S/C30H38N4O6/c1-3-38-30(36)34(29-19-31-16-17-39-29)23-11-8-21(9-12-23)20-33-28(35)15-13-25(32-33)22-10-14-26(37-2)27(18-22)40-24-6-4-5-7-24/h8-12,14,18,24,29,31H,3-7,13,15-17,19-20H2,1-2H3. The molecular weight excluding hydrogens is 512 g/mol. The number of carbonyl (C=O) groups is 2. The number of ether oxygens (including phenoxy) is 4. The van der Waals surface area contributed by atoms with E-state index in [1.165, 1.54) is 22.8 Å². The minimum Gasteiger partial charge on any atom is -0.493 e. The Hall–Kier alpha value is -3.63. The van der Waals surface area contributed by atoms with Crippen LogP contribution in [0.2, 0.25) is 0 Å². The van der Waals surface area contributed by atoms with Gasteiger partial charge in [0, 0.05) is 37.2 Å². The molecule has 214 valence electrons. The second-order valence-corrected chi connectivity index (χ2v) is 10.2. The molecule has 0 bridgehead atoms. The summed E-state index contributed by atoms with van der Waals surface area (Å²) in [5.41, 5.74) is 3.32. The van der Waals surface area contributed by atoms with E-state index in [0.717, 1.165) is 42.0 Å². The van der Waals surface area contributed by atoms with E-state index in [-0.39, 0.29) is 18.6 Å². The average Bonchev–Trinajstić information content (AvgIpc) is 3.49. The predicted octanol–water partition coefficient (Wildman–Crippen LogP) is 4.45. The molecule has 10 nitrogen and oxygen atoms in total. The maximum atomic E-state index is 12.8. The van der Waals surface area contributed by atoms with Gasteiger partial charge in [0.05, 0.1) is 38.7 Å². The lowest BCUT2D eigenvalue weighted by molar-refractivity contribution is -0.132. The summed E-state index contributed by atoms with van der Waals surface area (Å²) in [5.74, 6) is 1.39. The highest BCUT2D eigenvalue weighted by Crippen LogP contribution is 2.33. The van der Waals surface area contributed by atoms with Gasteiger partial charge in [-0.05, 0) is 68.5 Å². The Morgan fingerprint density at radius 2 is 1.93 bits per heavy atom. The molecule has 0 spiro atoms. The third kappa shape index (κ3) is 6.56. The van der Waals surface area contributed by atoms with Crippen molar-refractivity contribution in [2.45, 2.75) is 64.3 Å². The van der Waals surface area contributed by atoms with Crippen molar-refractivity contribution in [1.29, 1.82) is 0 Å². The maximum Gasteiger partial charge on any atom is 0.416 e. The molecule has 1 saturated carbocycles. The van der Waals surface area contributed by atoms with Crippen LogP contribution in [0.3, 0.4) is 0 Å². The molecule has 2 amide bonds. The zero-order valence-corrected chi connectivity index (χ0v) is 23.3. The van der Waals surface area contributed by atoms with E-state index in [4.69, 9.17) is 24.0 Å². The predicted molar refractivity (Wildman–Crippen MR) is 151 cm³/mol. The van der Waals surface area contributed by atoms with E-state index < -0.39 is 12.3 Å². The fourth-order valence-electron chi connectivity index (χ4n) is 5.30. The molecule has 1 unspecified atom stereocenters. The normalized spacial score (nSPS) is 19.8. The minimum atomic E-state index is -0.458. The summed E-state index contributed by atoms with van der Waals surface area (Å²) in [6, 6.07) is 13.3. The number of hydrazone groups is 1. The number of hydrogen-bond acceptors (Lipinski definition) is 8. The van der Waals surface area contributed by atoms with E-state index in [1.807, 2.05) is 42.5 Å². The smallest absolute Gasteiger partial charge is 0.416 e. The Kier molecular flexibility index (Phi) is 9.18. The number of nitrogens with zero attached hydrogens (tertiary/aromatic N) is 3. The maximum absolute atomic E-state index is 12.8. The third-order valence-electron chi connectivity index (χ3n) is 7.41. The van der Waals surface area contributed by atoms with Crippen molar-refractivity contribution >= 4 is 23.4 Å². The Labute approximate surface area is 235 Å². The van der Waals surface area contributed by atoms with Crippen molar-refractivity contribution in [3.8, 4) is 11.5 Å². The van der Waals surface area contributed by atoms with Gasteiger partial charge in [-0.2, -0.15) is 5.10 Å². The van der Waals surface area contributed by atoms with Crippen LogP contribution >= 0.6 is 0 Å². The van der Waals surface area contributed by atoms with Gasteiger partial charge in [0.15, 0.2) is 17.7 Å². The fraction of sp³-hybridized carbons (Fsp3) is 0.500. The second kappa shape index (κ2) is 13.1. The van der Waals surface area contributed by atoms with Gasteiger partial charge in [-0.3, -0.25) is 4.79 Å². The fourth-order valence-corrected chi connectivity index (χ4v) is 5.30. The number of anilines is 1. The van der Waals surface area contributed by atoms with E-state index in [0.29, 0.717) is 44.0 Å². The number of rotatable bonds is 9. The molecule has 5 rings (SSSR count). The van der Waals surface area contributed by atoms with Gasteiger partial charge in [0.25, 0.3) is 0 Å². The van der Waals surface area contributed by atoms with Gasteiger partial charge in [-0.25, -0.2) is 14.7 Å². The van der Waals surface area contributed by atoms with Gasteiger partial charge in [-0.1, -0.05) is 12.1 Å². The quantitative estimate of drug-likeness (QED) is 0.492. The van der Waals surface area contributed by atoms with Crippen molar-refractivity contribution in [3.63, 3.8) is 0 Å². The molecule has 1 aliphatic carbocycles. The van der Waals surface area contributed by atoms with Crippen LogP contribution in [0.4, 0.5) is 10.5 Å². The molecule has 2 aromatic rings. The van der Waals surface area contributed by atoms with E-state index >= 15 is 0 Å². The van der Waals surface area contributed by atoms with Gasteiger partial charge in [-0.15, -0.1) is 0 Å². The van der Waals surface area contributed by atoms with Gasteiger partial charge < -0.3 is 24.3 Å². The second-order valence-electron chi connectivity index (χ2n) is 10.2. The number of methoxy groups -OCH3 is 1. The molecule has 2 heterocycles. The number of nitrogens with one attached hydrogen (secondary N) is 1. The number of morpholine rings is 1. The molecule has 10 heteroatoms. The average molecular weight is 551 g/mol. The highest BCUT2D eigenvalue weighted by Gasteiger charge is 2.29. The zero-order chi connectivity index (χ0) is 27.9. The SMILES string of the molecule is CCOC(=O)N(c1ccc(CN2N=C(c3ccc(OC)c(OC4CCCC4)c3)CCC2=O)cc1)C1CNCCO1. The van der Waals surface area contributed by atoms with E-state index in [9.17, 15) is 9.59 Å². The molecule has 1 saturated heterocycles. The van der Waals surface area contributed by atoms with E-state index in [2.05, 4.69) is 5.32 Å². The monoisotopic (exact) mass is 550 g/mol. The molecule has 0 aromatic heterocycles. The lowest BCUT2D eigenvalue weighted by atomic mass is 10.0. The Balaban J connectivity index is 1.32. The summed E-state index contributed by atoms with van der Waals surface area (Å²) in [6.07, 6.45) is 4.71. The molecular formula is C30H38N4O6. The molecule has 2 fully saturated rings. The number of carbonyl (C=O) groups excluding carboxylic acids is 2. The van der Waals surface area contributed by atoms with Crippen LogP contribution in [0.1, 0.15) is 56.6 Å². The first-order valence-electron chi connectivity index (χ1n) is 14.2. The lowest BCUT2D eigenvalue weighted by Gasteiger charge is -2.33. The van der Waals surface area contributed by atoms with Crippen molar-refractivity contribution in [2.24, 2.45) is 5.10 Å². The molecule has 1 atom stereocenters. The van der Waals surface area contributed by atoms with Crippen LogP contribution in [0.25, 0.3) is 0 Å². The van der Waals surface area contributed by atoms with Crippen LogP contribution in [0, 0.1) is 0 Å². The summed E-state index contributed by atoms with van der Waals surface area (Å²) >= 11 is 0. The summed E-state index contributed by atoms with van der Waals surface area (Å²) < 4.78 is 22.9. The van der Waals surface area contributed by atoms with Crippen LogP contribution in [-0.2, 0) is 20.8 Å².